The second-order valence-corrected chi connectivity index (χ2v) is 7.08. The van der Waals surface area contributed by atoms with Gasteiger partial charge in [-0.25, -0.2) is 9.97 Å². The average Bonchev–Trinajstić information content (AvgIpc) is 2.95. The molecule has 1 aliphatic rings. The van der Waals surface area contributed by atoms with E-state index < -0.39 is 0 Å². The molecule has 0 aliphatic heterocycles. The van der Waals surface area contributed by atoms with Crippen molar-refractivity contribution in [3.05, 3.63) is 45.8 Å². The average molecular weight is 378 g/mol. The summed E-state index contributed by atoms with van der Waals surface area (Å²) >= 11 is 4.88. The minimum absolute atomic E-state index is 0.0182. The zero-order valence-corrected chi connectivity index (χ0v) is 14.6. The fourth-order valence-electron chi connectivity index (χ4n) is 2.50. The molecular weight excluding hydrogens is 362 g/mol. The first-order valence-corrected chi connectivity index (χ1v) is 8.94. The molecule has 1 aromatic heterocycles. The lowest BCUT2D eigenvalue weighted by Crippen LogP contribution is -2.14. The lowest BCUT2D eigenvalue weighted by Gasteiger charge is -2.08. The number of thioether (sulfide) groups is 1. The number of aryl methyl sites for hydroxylation is 2. The third-order valence-corrected chi connectivity index (χ3v) is 5.02. The Morgan fingerprint density at radius 2 is 2.05 bits per heavy atom. The third-order valence-electron chi connectivity index (χ3n) is 3.47. The van der Waals surface area contributed by atoms with Crippen LogP contribution in [0.15, 0.2) is 33.8 Å². The molecule has 0 radical (unpaired) electrons. The second-order valence-electron chi connectivity index (χ2n) is 5.20. The second kappa shape index (κ2) is 6.79. The Morgan fingerprint density at radius 3 is 2.82 bits per heavy atom. The fourth-order valence-corrected chi connectivity index (χ4v) is 3.69. The molecule has 22 heavy (non-hydrogen) atoms. The summed E-state index contributed by atoms with van der Waals surface area (Å²) in [5.41, 5.74) is 3.19. The Balaban J connectivity index is 1.63. The van der Waals surface area contributed by atoms with Crippen LogP contribution in [-0.4, -0.2) is 21.6 Å². The summed E-state index contributed by atoms with van der Waals surface area (Å²) in [6.45, 7) is 1.91. The van der Waals surface area contributed by atoms with Gasteiger partial charge in [0.05, 0.1) is 5.75 Å². The van der Waals surface area contributed by atoms with Crippen LogP contribution in [0.25, 0.3) is 0 Å². The normalized spacial score (nSPS) is 13.0. The molecule has 2 aromatic rings. The topological polar surface area (TPSA) is 54.9 Å². The van der Waals surface area contributed by atoms with Crippen LogP contribution in [0.4, 0.5) is 5.69 Å². The molecule has 0 unspecified atom stereocenters. The molecule has 0 saturated heterocycles. The Bertz CT molecular complexity index is 703. The monoisotopic (exact) mass is 377 g/mol. The van der Waals surface area contributed by atoms with Gasteiger partial charge >= 0.3 is 0 Å². The number of anilines is 1. The molecule has 4 nitrogen and oxygen atoms in total. The van der Waals surface area contributed by atoms with Gasteiger partial charge in [0.25, 0.3) is 0 Å². The van der Waals surface area contributed by atoms with E-state index in [0.29, 0.717) is 5.75 Å². The summed E-state index contributed by atoms with van der Waals surface area (Å²) in [5, 5.41) is 3.86. The molecule has 0 bridgehead atoms. The van der Waals surface area contributed by atoms with Gasteiger partial charge in [0, 0.05) is 21.4 Å². The van der Waals surface area contributed by atoms with E-state index in [9.17, 15) is 4.79 Å². The highest BCUT2D eigenvalue weighted by Gasteiger charge is 2.19. The zero-order valence-electron chi connectivity index (χ0n) is 12.2. The van der Waals surface area contributed by atoms with E-state index in [1.54, 1.807) is 0 Å². The van der Waals surface area contributed by atoms with Crippen LogP contribution in [0.3, 0.4) is 0 Å². The number of hydrogen-bond acceptors (Lipinski definition) is 4. The number of halogens is 1. The molecule has 1 amide bonds. The quantitative estimate of drug-likeness (QED) is 0.650. The number of benzene rings is 1. The molecule has 1 aliphatic carbocycles. The number of aromatic nitrogens is 2. The van der Waals surface area contributed by atoms with E-state index in [1.165, 1.54) is 17.3 Å². The molecule has 1 aromatic carbocycles. The Kier molecular flexibility index (Phi) is 4.78. The Morgan fingerprint density at radius 1 is 1.27 bits per heavy atom. The summed E-state index contributed by atoms with van der Waals surface area (Å²) in [7, 11) is 0. The number of nitrogens with one attached hydrogen (secondary N) is 1. The highest BCUT2D eigenvalue weighted by atomic mass is 79.9. The number of nitrogens with zero attached hydrogens (tertiary/aromatic N) is 2. The van der Waals surface area contributed by atoms with Crippen molar-refractivity contribution in [3.8, 4) is 0 Å². The molecule has 1 heterocycles. The van der Waals surface area contributed by atoms with Gasteiger partial charge in [0.2, 0.25) is 5.91 Å². The molecule has 0 spiro atoms. The predicted molar refractivity (Wildman–Crippen MR) is 92.3 cm³/mol. The number of hydrogen-bond donors (Lipinski definition) is 1. The highest BCUT2D eigenvalue weighted by Crippen LogP contribution is 2.29. The third kappa shape index (κ3) is 3.67. The van der Waals surface area contributed by atoms with Crippen LogP contribution in [0.5, 0.6) is 0 Å². The maximum absolute atomic E-state index is 12.1. The maximum Gasteiger partial charge on any atom is 0.234 e. The van der Waals surface area contributed by atoms with Crippen molar-refractivity contribution in [2.45, 2.75) is 31.2 Å². The molecular formula is C16H16BrN3OS. The summed E-state index contributed by atoms with van der Waals surface area (Å²) in [6.07, 6.45) is 3.18. The van der Waals surface area contributed by atoms with Gasteiger partial charge in [-0.1, -0.05) is 27.7 Å². The molecule has 3 rings (SSSR count). The van der Waals surface area contributed by atoms with Gasteiger partial charge in [-0.3, -0.25) is 4.79 Å². The number of amides is 1. The fraction of sp³-hybridized carbons (Fsp3) is 0.312. The molecule has 0 atom stereocenters. The lowest BCUT2D eigenvalue weighted by molar-refractivity contribution is -0.113. The Hall–Kier alpha value is -1.40. The van der Waals surface area contributed by atoms with Crippen molar-refractivity contribution in [2.75, 3.05) is 11.1 Å². The Labute approximate surface area is 142 Å². The van der Waals surface area contributed by atoms with Crippen LogP contribution in [-0.2, 0) is 17.6 Å². The number of carbonyl (C=O) groups is 1. The van der Waals surface area contributed by atoms with E-state index >= 15 is 0 Å². The summed E-state index contributed by atoms with van der Waals surface area (Å²) in [4.78, 5) is 21.1. The van der Waals surface area contributed by atoms with Gasteiger partial charge in [0.1, 0.15) is 10.9 Å². The smallest absolute Gasteiger partial charge is 0.234 e. The van der Waals surface area contributed by atoms with E-state index in [4.69, 9.17) is 0 Å². The van der Waals surface area contributed by atoms with Crippen molar-refractivity contribution in [2.24, 2.45) is 0 Å². The first kappa shape index (κ1) is 15.5. The minimum atomic E-state index is -0.0182. The van der Waals surface area contributed by atoms with E-state index in [0.717, 1.165) is 46.0 Å². The van der Waals surface area contributed by atoms with Gasteiger partial charge in [-0.05, 0) is 50.5 Å². The first-order chi connectivity index (χ1) is 10.6. The van der Waals surface area contributed by atoms with Crippen LogP contribution in [0, 0.1) is 6.92 Å². The molecule has 0 fully saturated rings. The first-order valence-electron chi connectivity index (χ1n) is 7.16. The lowest BCUT2D eigenvalue weighted by atomic mass is 10.3. The molecule has 6 heteroatoms. The van der Waals surface area contributed by atoms with E-state index in [2.05, 4.69) is 31.2 Å². The predicted octanol–water partition coefficient (Wildman–Crippen LogP) is 3.77. The van der Waals surface area contributed by atoms with Gasteiger partial charge in [-0.2, -0.15) is 0 Å². The van der Waals surface area contributed by atoms with Gasteiger partial charge < -0.3 is 5.32 Å². The van der Waals surface area contributed by atoms with Crippen molar-refractivity contribution in [1.29, 1.82) is 0 Å². The van der Waals surface area contributed by atoms with Gasteiger partial charge in [-0.15, -0.1) is 0 Å². The van der Waals surface area contributed by atoms with E-state index in [1.807, 2.05) is 31.2 Å². The van der Waals surface area contributed by atoms with Crippen LogP contribution in [0.1, 0.15) is 23.5 Å². The molecule has 0 saturated carbocycles. The number of fused-ring (bicyclic) bond motifs is 1. The standard InChI is InChI=1S/C16H16BrN3OS/c1-10-18-14-4-2-3-13(14)16(19-10)22-9-15(21)20-12-7-5-11(17)6-8-12/h5-8H,2-4,9H2,1H3,(H,20,21). The van der Waals surface area contributed by atoms with Crippen molar-refractivity contribution in [1.82, 2.24) is 9.97 Å². The summed E-state index contributed by atoms with van der Waals surface area (Å²) < 4.78 is 0.992. The van der Waals surface area contributed by atoms with Gasteiger partial charge in [0.15, 0.2) is 0 Å². The SMILES string of the molecule is Cc1nc2c(c(SCC(=O)Nc3ccc(Br)cc3)n1)CCC2. The van der Waals surface area contributed by atoms with Crippen molar-refractivity contribution < 1.29 is 4.79 Å². The molecule has 1 N–H and O–H groups in total. The summed E-state index contributed by atoms with van der Waals surface area (Å²) in [6, 6.07) is 7.56. The molecule has 114 valence electrons. The summed E-state index contributed by atoms with van der Waals surface area (Å²) in [5.74, 6) is 1.13. The van der Waals surface area contributed by atoms with Crippen molar-refractivity contribution >= 4 is 39.3 Å². The van der Waals surface area contributed by atoms with Crippen LogP contribution in [0.2, 0.25) is 0 Å². The zero-order chi connectivity index (χ0) is 15.5. The number of rotatable bonds is 4. The number of carbonyl (C=O) groups excluding carboxylic acids is 1. The van der Waals surface area contributed by atoms with Crippen LogP contribution < -0.4 is 5.32 Å². The maximum atomic E-state index is 12.1. The van der Waals surface area contributed by atoms with Crippen LogP contribution >= 0.6 is 27.7 Å². The highest BCUT2D eigenvalue weighted by molar-refractivity contribution is 9.10. The minimum Gasteiger partial charge on any atom is -0.325 e. The largest absolute Gasteiger partial charge is 0.325 e. The van der Waals surface area contributed by atoms with Crippen molar-refractivity contribution in [3.63, 3.8) is 0 Å². The van der Waals surface area contributed by atoms with E-state index in [-0.39, 0.29) is 5.91 Å².